The minimum Gasteiger partial charge on any atom is -0.496 e. The summed E-state index contributed by atoms with van der Waals surface area (Å²) in [7, 11) is 1.67. The van der Waals surface area contributed by atoms with Gasteiger partial charge in [0.15, 0.2) is 5.82 Å². The Labute approximate surface area is 193 Å². The van der Waals surface area contributed by atoms with Crippen LogP contribution in [-0.2, 0) is 6.67 Å². The Bertz CT molecular complexity index is 1070. The van der Waals surface area contributed by atoms with Crippen LogP contribution in [-0.4, -0.2) is 64.0 Å². The number of hydrogen-bond donors (Lipinski definition) is 0. The Hall–Kier alpha value is -2.19. The molecule has 3 aromatic rings. The van der Waals surface area contributed by atoms with Crippen LogP contribution < -0.4 is 4.74 Å². The van der Waals surface area contributed by atoms with Crippen LogP contribution >= 0.6 is 23.8 Å². The van der Waals surface area contributed by atoms with Gasteiger partial charge in [-0.05, 0) is 61.6 Å². The van der Waals surface area contributed by atoms with E-state index in [1.807, 2.05) is 57.8 Å². The summed E-state index contributed by atoms with van der Waals surface area (Å²) >= 11 is 12.0. The lowest BCUT2D eigenvalue weighted by atomic mass is 10.2. The van der Waals surface area contributed by atoms with Crippen LogP contribution in [0.3, 0.4) is 0 Å². The van der Waals surface area contributed by atoms with Crippen LogP contribution in [0.25, 0.3) is 17.1 Å². The summed E-state index contributed by atoms with van der Waals surface area (Å²) in [6, 6.07) is 15.6. The highest BCUT2D eigenvalue weighted by atomic mass is 35.5. The van der Waals surface area contributed by atoms with E-state index in [-0.39, 0.29) is 0 Å². The number of hydrogen-bond acceptors (Lipinski definition) is 5. The minimum absolute atomic E-state index is 0.652. The first-order chi connectivity index (χ1) is 15.1. The summed E-state index contributed by atoms with van der Waals surface area (Å²) in [5.41, 5.74) is 1.83. The molecule has 0 atom stereocenters. The maximum Gasteiger partial charge on any atom is 0.204 e. The molecule has 1 fully saturated rings. The van der Waals surface area contributed by atoms with E-state index in [4.69, 9.17) is 33.7 Å². The number of para-hydroxylation sites is 1. The van der Waals surface area contributed by atoms with Crippen molar-refractivity contribution in [3.8, 4) is 22.8 Å². The van der Waals surface area contributed by atoms with E-state index in [9.17, 15) is 0 Å². The molecule has 8 heteroatoms. The molecule has 6 nitrogen and oxygen atoms in total. The molecule has 31 heavy (non-hydrogen) atoms. The summed E-state index contributed by atoms with van der Waals surface area (Å²) in [5.74, 6) is 1.52. The number of rotatable bonds is 7. The Morgan fingerprint density at radius 2 is 1.68 bits per heavy atom. The zero-order valence-corrected chi connectivity index (χ0v) is 19.6. The van der Waals surface area contributed by atoms with Crippen molar-refractivity contribution in [2.75, 3.05) is 39.8 Å². The first-order valence-electron chi connectivity index (χ1n) is 10.6. The van der Waals surface area contributed by atoms with E-state index < -0.39 is 0 Å². The van der Waals surface area contributed by atoms with E-state index in [0.717, 1.165) is 55.5 Å². The third-order valence-electron chi connectivity index (χ3n) is 5.61. The van der Waals surface area contributed by atoms with Crippen molar-refractivity contribution >= 4 is 23.8 Å². The van der Waals surface area contributed by atoms with Gasteiger partial charge in [0.2, 0.25) is 4.77 Å². The van der Waals surface area contributed by atoms with Gasteiger partial charge in [-0.15, -0.1) is 5.10 Å². The molecule has 0 unspecified atom stereocenters. The van der Waals surface area contributed by atoms with Gasteiger partial charge in [0.05, 0.1) is 25.0 Å². The molecule has 0 saturated carbocycles. The van der Waals surface area contributed by atoms with Crippen molar-refractivity contribution in [1.82, 2.24) is 24.1 Å². The topological polar surface area (TPSA) is 38.5 Å². The fourth-order valence-corrected chi connectivity index (χ4v) is 4.40. The highest BCUT2D eigenvalue weighted by Gasteiger charge is 2.21. The zero-order valence-electron chi connectivity index (χ0n) is 18.0. The van der Waals surface area contributed by atoms with Gasteiger partial charge in [-0.3, -0.25) is 9.47 Å². The number of benzene rings is 2. The van der Waals surface area contributed by atoms with Crippen molar-refractivity contribution < 1.29 is 4.74 Å². The van der Waals surface area contributed by atoms with Gasteiger partial charge in [-0.2, -0.15) is 0 Å². The zero-order chi connectivity index (χ0) is 21.8. The van der Waals surface area contributed by atoms with Crippen LogP contribution in [0.5, 0.6) is 5.75 Å². The second kappa shape index (κ2) is 9.96. The van der Waals surface area contributed by atoms with Gasteiger partial charge >= 0.3 is 0 Å². The molecular weight excluding hydrogens is 430 g/mol. The Balaban J connectivity index is 1.71. The van der Waals surface area contributed by atoms with E-state index in [1.165, 1.54) is 6.42 Å². The van der Waals surface area contributed by atoms with Crippen LogP contribution in [0, 0.1) is 4.77 Å². The summed E-state index contributed by atoms with van der Waals surface area (Å²) in [5, 5.41) is 5.63. The predicted octanol–water partition coefficient (Wildman–Crippen LogP) is 4.72. The fourth-order valence-electron chi connectivity index (χ4n) is 3.99. The Morgan fingerprint density at radius 1 is 1.00 bits per heavy atom. The molecule has 1 aliphatic heterocycles. The molecule has 1 saturated heterocycles. The Morgan fingerprint density at radius 3 is 2.35 bits per heavy atom. The first kappa shape index (κ1) is 22.0. The van der Waals surface area contributed by atoms with Crippen LogP contribution in [0.2, 0.25) is 5.02 Å². The first-order valence-corrected chi connectivity index (χ1v) is 11.4. The normalized spacial score (nSPS) is 15.3. The van der Waals surface area contributed by atoms with Gasteiger partial charge in [0.25, 0.3) is 0 Å². The molecule has 164 valence electrons. The highest BCUT2D eigenvalue weighted by molar-refractivity contribution is 7.71. The van der Waals surface area contributed by atoms with E-state index in [2.05, 4.69) is 16.7 Å². The van der Waals surface area contributed by atoms with Crippen LogP contribution in [0.1, 0.15) is 13.3 Å². The molecule has 4 rings (SSSR count). The SMILES string of the molecule is CCCN1CCN(Cn2nc(-c3ccccc3OC)n(-c3ccc(Cl)cc3)c2=S)CC1. The number of halogens is 1. The summed E-state index contributed by atoms with van der Waals surface area (Å²) in [6.45, 7) is 8.25. The standard InChI is InChI=1S/C23H28ClN5OS/c1-3-12-26-13-15-27(16-14-26)17-28-23(31)29(19-10-8-18(24)9-11-19)22(25-28)20-6-4-5-7-21(20)30-2/h4-11H,3,12-17H2,1-2H3. The molecule has 1 aliphatic rings. The van der Waals surface area contributed by atoms with Gasteiger partial charge in [-0.25, -0.2) is 4.68 Å². The van der Waals surface area contributed by atoms with Crippen molar-refractivity contribution in [2.45, 2.75) is 20.0 Å². The third-order valence-corrected chi connectivity index (χ3v) is 6.26. The van der Waals surface area contributed by atoms with Gasteiger partial charge in [0.1, 0.15) is 5.75 Å². The number of aromatic nitrogens is 3. The lowest BCUT2D eigenvalue weighted by Gasteiger charge is -2.34. The second-order valence-corrected chi connectivity index (χ2v) is 8.52. The molecule has 0 amide bonds. The number of piperazine rings is 1. The molecule has 0 bridgehead atoms. The molecule has 0 N–H and O–H groups in total. The molecular formula is C23H28ClN5OS. The van der Waals surface area contributed by atoms with Gasteiger partial charge < -0.3 is 9.64 Å². The monoisotopic (exact) mass is 457 g/mol. The number of ether oxygens (including phenoxy) is 1. The minimum atomic E-state index is 0.652. The van der Waals surface area contributed by atoms with Crippen molar-refractivity contribution in [3.63, 3.8) is 0 Å². The molecule has 2 aromatic carbocycles. The van der Waals surface area contributed by atoms with Gasteiger partial charge in [-0.1, -0.05) is 30.7 Å². The van der Waals surface area contributed by atoms with Crippen LogP contribution in [0.15, 0.2) is 48.5 Å². The van der Waals surface area contributed by atoms with E-state index in [1.54, 1.807) is 7.11 Å². The largest absolute Gasteiger partial charge is 0.496 e. The van der Waals surface area contributed by atoms with Crippen molar-refractivity contribution in [1.29, 1.82) is 0 Å². The van der Waals surface area contributed by atoms with E-state index in [0.29, 0.717) is 16.5 Å². The average Bonchev–Trinajstić information content (AvgIpc) is 3.11. The smallest absolute Gasteiger partial charge is 0.204 e. The van der Waals surface area contributed by atoms with E-state index >= 15 is 0 Å². The number of nitrogens with zero attached hydrogens (tertiary/aromatic N) is 5. The lowest BCUT2D eigenvalue weighted by molar-refractivity contribution is 0.103. The van der Waals surface area contributed by atoms with Crippen LogP contribution in [0.4, 0.5) is 0 Å². The molecule has 0 radical (unpaired) electrons. The predicted molar refractivity (Wildman–Crippen MR) is 128 cm³/mol. The summed E-state index contributed by atoms with van der Waals surface area (Å²) in [4.78, 5) is 4.93. The summed E-state index contributed by atoms with van der Waals surface area (Å²) < 4.78 is 10.2. The lowest BCUT2D eigenvalue weighted by Crippen LogP contribution is -2.46. The second-order valence-electron chi connectivity index (χ2n) is 7.72. The molecule has 0 aliphatic carbocycles. The highest BCUT2D eigenvalue weighted by Crippen LogP contribution is 2.31. The van der Waals surface area contributed by atoms with Crippen molar-refractivity contribution in [2.24, 2.45) is 0 Å². The maximum absolute atomic E-state index is 6.12. The molecule has 1 aromatic heterocycles. The summed E-state index contributed by atoms with van der Waals surface area (Å²) in [6.07, 6.45) is 1.19. The van der Waals surface area contributed by atoms with Gasteiger partial charge in [0, 0.05) is 31.2 Å². The average molecular weight is 458 g/mol. The van der Waals surface area contributed by atoms with Crippen molar-refractivity contribution in [3.05, 3.63) is 58.3 Å². The maximum atomic E-state index is 6.12. The third kappa shape index (κ3) is 4.85. The quantitative estimate of drug-likeness (QED) is 0.480. The Kier molecular flexibility index (Phi) is 7.07. The number of methoxy groups -OCH3 is 1. The molecule has 2 heterocycles. The molecule has 0 spiro atoms. The fraction of sp³-hybridized carbons (Fsp3) is 0.391.